The maximum Gasteiger partial charge on any atom is 0.143 e. The number of aromatic nitrogens is 1. The van der Waals surface area contributed by atoms with E-state index in [1.54, 1.807) is 0 Å². The number of rotatable bonds is 6. The lowest BCUT2D eigenvalue weighted by molar-refractivity contribution is 0.672. The molecule has 0 bridgehead atoms. The second-order valence-electron chi connectivity index (χ2n) is 16.5. The van der Waals surface area contributed by atoms with Crippen LogP contribution in [-0.2, 0) is 0 Å². The first-order chi connectivity index (χ1) is 31.2. The standard InChI is InChI=1S/C60H38N2O/c1-2-12-39(13-3-1)48-14-4-5-15-49(48)40-24-28-44(29-25-40)61(47-30-26-41-27-33-55-54-18-8-11-21-59(54)63-60(55)56(41)38-47)45-31-34-50-42(36-45)22-23-43-37-46(32-35-51(43)50)62-57-19-9-6-16-52(57)53-17-7-10-20-58(53)62/h1-38H. The van der Waals surface area contributed by atoms with Gasteiger partial charge in [0.25, 0.3) is 0 Å². The van der Waals surface area contributed by atoms with Crippen molar-refractivity contribution in [3.8, 4) is 27.9 Å². The van der Waals surface area contributed by atoms with Crippen molar-refractivity contribution in [2.45, 2.75) is 0 Å². The quantitative estimate of drug-likeness (QED) is 0.156. The first-order valence-electron chi connectivity index (χ1n) is 21.6. The number of furan rings is 1. The Balaban J connectivity index is 0.956. The molecule has 0 fully saturated rings. The van der Waals surface area contributed by atoms with E-state index in [1.165, 1.54) is 65.6 Å². The monoisotopic (exact) mass is 802 g/mol. The topological polar surface area (TPSA) is 21.3 Å². The Bertz CT molecular complexity index is 3860. The molecular weight excluding hydrogens is 765 g/mol. The summed E-state index contributed by atoms with van der Waals surface area (Å²) >= 11 is 0. The highest BCUT2D eigenvalue weighted by Gasteiger charge is 2.19. The third-order valence-electron chi connectivity index (χ3n) is 13.0. The van der Waals surface area contributed by atoms with Gasteiger partial charge < -0.3 is 13.9 Å². The third kappa shape index (κ3) is 5.67. The molecule has 0 amide bonds. The summed E-state index contributed by atoms with van der Waals surface area (Å²) in [6, 6.07) is 83.5. The summed E-state index contributed by atoms with van der Waals surface area (Å²) in [4.78, 5) is 2.38. The van der Waals surface area contributed by atoms with Crippen LogP contribution in [0.2, 0.25) is 0 Å². The van der Waals surface area contributed by atoms with E-state index in [0.717, 1.165) is 55.5 Å². The van der Waals surface area contributed by atoms with Crippen molar-refractivity contribution in [2.24, 2.45) is 0 Å². The smallest absolute Gasteiger partial charge is 0.143 e. The average molecular weight is 803 g/mol. The SMILES string of the molecule is c1ccc(-c2ccccc2-c2ccc(N(c3ccc4c(ccc5cc(-n6c7ccccc7c7ccccc76)ccc54)c3)c3ccc4ccc5c6ccccc6oc5c4c3)cc2)cc1. The van der Waals surface area contributed by atoms with Crippen LogP contribution < -0.4 is 4.90 Å². The number of hydrogen-bond acceptors (Lipinski definition) is 2. The molecule has 294 valence electrons. The maximum atomic E-state index is 6.58. The van der Waals surface area contributed by atoms with Crippen LogP contribution in [0.5, 0.6) is 0 Å². The highest BCUT2D eigenvalue weighted by molar-refractivity contribution is 6.16. The van der Waals surface area contributed by atoms with Gasteiger partial charge in [-0.15, -0.1) is 0 Å². The van der Waals surface area contributed by atoms with E-state index in [-0.39, 0.29) is 0 Å². The lowest BCUT2D eigenvalue weighted by Gasteiger charge is -2.26. The summed E-state index contributed by atoms with van der Waals surface area (Å²) in [7, 11) is 0. The third-order valence-corrected chi connectivity index (χ3v) is 13.0. The first kappa shape index (κ1) is 35.4. The van der Waals surface area contributed by atoms with Gasteiger partial charge in [0.2, 0.25) is 0 Å². The van der Waals surface area contributed by atoms with Crippen LogP contribution in [0.1, 0.15) is 0 Å². The first-order valence-corrected chi connectivity index (χ1v) is 21.6. The van der Waals surface area contributed by atoms with Crippen molar-refractivity contribution in [1.82, 2.24) is 4.57 Å². The molecule has 13 aromatic rings. The highest BCUT2D eigenvalue weighted by Crippen LogP contribution is 2.43. The summed E-state index contributed by atoms with van der Waals surface area (Å²) < 4.78 is 8.97. The van der Waals surface area contributed by atoms with Crippen molar-refractivity contribution in [1.29, 1.82) is 0 Å². The van der Waals surface area contributed by atoms with Gasteiger partial charge in [-0.05, 0) is 122 Å². The van der Waals surface area contributed by atoms with Crippen LogP contribution in [0.4, 0.5) is 17.1 Å². The molecule has 0 spiro atoms. The molecule has 13 rings (SSSR count). The summed E-state index contributed by atoms with van der Waals surface area (Å²) in [5.41, 5.74) is 13.4. The van der Waals surface area contributed by atoms with E-state index < -0.39 is 0 Å². The number of fused-ring (bicyclic) bond motifs is 11. The number of benzene rings is 11. The van der Waals surface area contributed by atoms with Crippen LogP contribution in [-0.4, -0.2) is 4.57 Å². The Morgan fingerprint density at radius 3 is 1.59 bits per heavy atom. The Labute approximate surface area is 363 Å². The van der Waals surface area contributed by atoms with Crippen LogP contribution in [0, 0.1) is 0 Å². The molecule has 0 aliphatic carbocycles. The van der Waals surface area contributed by atoms with Crippen LogP contribution in [0.25, 0.3) is 104 Å². The van der Waals surface area contributed by atoms with Crippen molar-refractivity contribution < 1.29 is 4.42 Å². The number of anilines is 3. The Morgan fingerprint density at radius 1 is 0.317 bits per heavy atom. The summed E-state index contributed by atoms with van der Waals surface area (Å²) in [5.74, 6) is 0. The maximum absolute atomic E-state index is 6.58. The summed E-state index contributed by atoms with van der Waals surface area (Å²) in [5, 5.41) is 11.9. The molecule has 0 aliphatic rings. The zero-order chi connectivity index (χ0) is 41.4. The molecule has 3 nitrogen and oxygen atoms in total. The predicted octanol–water partition coefficient (Wildman–Crippen LogP) is 16.9. The van der Waals surface area contributed by atoms with Crippen molar-refractivity contribution in [3.63, 3.8) is 0 Å². The molecule has 0 atom stereocenters. The van der Waals surface area contributed by atoms with Crippen molar-refractivity contribution in [3.05, 3.63) is 231 Å². The molecule has 0 aliphatic heterocycles. The molecule has 3 heteroatoms. The van der Waals surface area contributed by atoms with Gasteiger partial charge in [-0.25, -0.2) is 0 Å². The molecule has 2 aromatic heterocycles. The molecule has 63 heavy (non-hydrogen) atoms. The molecule has 2 heterocycles. The van der Waals surface area contributed by atoms with Gasteiger partial charge >= 0.3 is 0 Å². The second kappa shape index (κ2) is 14.1. The van der Waals surface area contributed by atoms with Crippen molar-refractivity contribution >= 4 is 93.1 Å². The molecule has 0 unspecified atom stereocenters. The van der Waals surface area contributed by atoms with Gasteiger partial charge in [-0.1, -0.05) is 158 Å². The van der Waals surface area contributed by atoms with Gasteiger partial charge in [0.05, 0.1) is 11.0 Å². The predicted molar refractivity (Wildman–Crippen MR) is 266 cm³/mol. The Kier molecular flexibility index (Phi) is 7.91. The minimum Gasteiger partial charge on any atom is -0.455 e. The normalized spacial score (nSPS) is 11.8. The Morgan fingerprint density at radius 2 is 0.841 bits per heavy atom. The van der Waals surface area contributed by atoms with E-state index in [4.69, 9.17) is 4.42 Å². The summed E-state index contributed by atoms with van der Waals surface area (Å²) in [6.07, 6.45) is 0. The highest BCUT2D eigenvalue weighted by atomic mass is 16.3. The van der Waals surface area contributed by atoms with Gasteiger partial charge in [0.1, 0.15) is 11.2 Å². The van der Waals surface area contributed by atoms with E-state index in [9.17, 15) is 0 Å². The zero-order valence-corrected chi connectivity index (χ0v) is 34.2. The fourth-order valence-corrected chi connectivity index (χ4v) is 10.00. The van der Waals surface area contributed by atoms with Gasteiger partial charge in [-0.2, -0.15) is 0 Å². The molecule has 0 N–H and O–H groups in total. The second-order valence-corrected chi connectivity index (χ2v) is 16.5. The van der Waals surface area contributed by atoms with Gasteiger partial charge in [0.15, 0.2) is 0 Å². The van der Waals surface area contributed by atoms with Gasteiger partial charge in [0, 0.05) is 49.7 Å². The molecule has 0 radical (unpaired) electrons. The van der Waals surface area contributed by atoms with Crippen LogP contribution >= 0.6 is 0 Å². The number of hydrogen-bond donors (Lipinski definition) is 0. The molecule has 0 saturated carbocycles. The Hall–Kier alpha value is -8.40. The van der Waals surface area contributed by atoms with Gasteiger partial charge in [-0.3, -0.25) is 0 Å². The number of nitrogens with zero attached hydrogens (tertiary/aromatic N) is 2. The van der Waals surface area contributed by atoms with E-state index in [2.05, 4.69) is 234 Å². The van der Waals surface area contributed by atoms with E-state index >= 15 is 0 Å². The lowest BCUT2D eigenvalue weighted by Crippen LogP contribution is -2.10. The van der Waals surface area contributed by atoms with E-state index in [0.29, 0.717) is 0 Å². The van der Waals surface area contributed by atoms with Crippen LogP contribution in [0.15, 0.2) is 235 Å². The molecule has 11 aromatic carbocycles. The molecular formula is C60H38N2O. The largest absolute Gasteiger partial charge is 0.455 e. The fraction of sp³-hybridized carbons (Fsp3) is 0. The molecule has 0 saturated heterocycles. The van der Waals surface area contributed by atoms with Crippen LogP contribution in [0.3, 0.4) is 0 Å². The van der Waals surface area contributed by atoms with E-state index in [1.807, 2.05) is 6.07 Å². The lowest BCUT2D eigenvalue weighted by atomic mass is 9.94. The summed E-state index contributed by atoms with van der Waals surface area (Å²) in [6.45, 7) is 0. The van der Waals surface area contributed by atoms with Crippen molar-refractivity contribution in [2.75, 3.05) is 4.90 Å². The average Bonchev–Trinajstić information content (AvgIpc) is 3.91. The minimum absolute atomic E-state index is 0.901. The fourth-order valence-electron chi connectivity index (χ4n) is 10.00. The number of para-hydroxylation sites is 3. The zero-order valence-electron chi connectivity index (χ0n) is 34.2. The minimum atomic E-state index is 0.901.